The number of fused-ring (bicyclic) bond motifs is 1. The van der Waals surface area contributed by atoms with Crippen LogP contribution in [-0.2, 0) is 0 Å². The first-order valence-corrected chi connectivity index (χ1v) is 7.11. The lowest BCUT2D eigenvalue weighted by molar-refractivity contribution is -0.356. The Balaban J connectivity index is 1.78. The normalized spacial score (nSPS) is 11.5. The Hall–Kier alpha value is -2.94. The van der Waals surface area contributed by atoms with Crippen LogP contribution in [0.5, 0.6) is 0 Å². The molecule has 0 spiro atoms. The van der Waals surface area contributed by atoms with E-state index in [4.69, 9.17) is 0 Å². The van der Waals surface area contributed by atoms with Gasteiger partial charge in [-0.05, 0) is 16.8 Å². The largest absolute Gasteiger partial charge is 0.619 e. The number of rotatable bonds is 4. The van der Waals surface area contributed by atoms with E-state index in [-0.39, 0.29) is 12.2 Å². The van der Waals surface area contributed by atoms with Crippen molar-refractivity contribution in [2.45, 2.75) is 6.42 Å². The van der Waals surface area contributed by atoms with E-state index in [2.05, 4.69) is 0 Å². The summed E-state index contributed by atoms with van der Waals surface area (Å²) in [4.78, 5) is 12.2. The van der Waals surface area contributed by atoms with Gasteiger partial charge in [-0.2, -0.15) is 4.74 Å². The van der Waals surface area contributed by atoms with E-state index in [1.807, 2.05) is 42.5 Å². The molecule has 3 aromatic carbocycles. The van der Waals surface area contributed by atoms with Crippen LogP contribution < -0.4 is 0 Å². The number of hydrogen-bond acceptors (Lipinski definition) is 2. The number of benzene rings is 3. The molecule has 0 atom stereocenters. The zero-order chi connectivity index (χ0) is 15.4. The van der Waals surface area contributed by atoms with Crippen molar-refractivity contribution in [3.63, 3.8) is 0 Å². The Morgan fingerprint density at radius 1 is 0.909 bits per heavy atom. The molecule has 0 saturated carbocycles. The Bertz CT molecular complexity index is 838. The number of nitrogens with zero attached hydrogens (tertiary/aromatic N) is 1. The van der Waals surface area contributed by atoms with Crippen LogP contribution in [0.25, 0.3) is 10.8 Å². The summed E-state index contributed by atoms with van der Waals surface area (Å²) < 4.78 is 0.735. The van der Waals surface area contributed by atoms with E-state index >= 15 is 0 Å². The van der Waals surface area contributed by atoms with Crippen molar-refractivity contribution in [1.82, 2.24) is 0 Å². The number of hydrogen-bond donors (Lipinski definition) is 0. The van der Waals surface area contributed by atoms with Crippen LogP contribution in [0.3, 0.4) is 0 Å². The average molecular weight is 289 g/mol. The summed E-state index contributed by atoms with van der Waals surface area (Å²) in [6.07, 6.45) is 1.45. The topological polar surface area (TPSA) is 43.1 Å². The fourth-order valence-electron chi connectivity index (χ4n) is 2.33. The van der Waals surface area contributed by atoms with Crippen LogP contribution in [0.1, 0.15) is 16.8 Å². The van der Waals surface area contributed by atoms with Crippen molar-refractivity contribution in [2.24, 2.45) is 0 Å². The highest BCUT2D eigenvalue weighted by Gasteiger charge is 2.08. The van der Waals surface area contributed by atoms with Gasteiger partial charge in [0.15, 0.2) is 12.0 Å². The van der Waals surface area contributed by atoms with E-state index in [0.717, 1.165) is 15.5 Å². The summed E-state index contributed by atoms with van der Waals surface area (Å²) in [5, 5.41) is 14.0. The third kappa shape index (κ3) is 3.04. The van der Waals surface area contributed by atoms with Gasteiger partial charge in [0.2, 0.25) is 5.69 Å². The first-order valence-electron chi connectivity index (χ1n) is 7.11. The second-order valence-electron chi connectivity index (χ2n) is 5.03. The summed E-state index contributed by atoms with van der Waals surface area (Å²) in [7, 11) is 0. The van der Waals surface area contributed by atoms with Gasteiger partial charge < -0.3 is 5.21 Å². The van der Waals surface area contributed by atoms with Crippen LogP contribution in [0.4, 0.5) is 5.69 Å². The number of carbonyl (C=O) groups excluding carboxylic acids is 1. The molecule has 0 heterocycles. The fraction of sp³-hybridized carbons (Fsp3) is 0.0526. The van der Waals surface area contributed by atoms with Crippen molar-refractivity contribution < 1.29 is 9.53 Å². The first-order chi connectivity index (χ1) is 10.7. The van der Waals surface area contributed by atoms with Crippen molar-refractivity contribution >= 4 is 28.5 Å². The molecule has 0 aromatic heterocycles. The molecule has 0 N–H and O–H groups in total. The SMILES string of the molecule is O=C(C/C=[N+](\[O-])c1ccccc1)c1ccc2ccccc2c1. The highest BCUT2D eigenvalue weighted by Crippen LogP contribution is 2.16. The van der Waals surface area contributed by atoms with Crippen LogP contribution in [0, 0.1) is 5.21 Å². The molecule has 3 heteroatoms. The lowest BCUT2D eigenvalue weighted by Crippen LogP contribution is -2.05. The van der Waals surface area contributed by atoms with E-state index in [0.29, 0.717) is 11.3 Å². The molecule has 0 radical (unpaired) electrons. The molecule has 0 bridgehead atoms. The number of para-hydroxylation sites is 1. The molecule has 3 aromatic rings. The Kier molecular flexibility index (Phi) is 3.97. The summed E-state index contributed by atoms with van der Waals surface area (Å²) in [6.45, 7) is 0. The Morgan fingerprint density at radius 3 is 2.36 bits per heavy atom. The molecular weight excluding hydrogens is 274 g/mol. The van der Waals surface area contributed by atoms with Crippen molar-refractivity contribution in [1.29, 1.82) is 0 Å². The molecule has 0 aliphatic heterocycles. The Labute approximate surface area is 128 Å². The van der Waals surface area contributed by atoms with Crippen LogP contribution >= 0.6 is 0 Å². The van der Waals surface area contributed by atoms with Crippen LogP contribution in [0.2, 0.25) is 0 Å². The van der Waals surface area contributed by atoms with Crippen molar-refractivity contribution in [3.8, 4) is 0 Å². The lowest BCUT2D eigenvalue weighted by atomic mass is 10.0. The second kappa shape index (κ2) is 6.22. The quantitative estimate of drug-likeness (QED) is 0.236. The average Bonchev–Trinajstić information content (AvgIpc) is 2.59. The highest BCUT2D eigenvalue weighted by molar-refractivity contribution is 6.05. The molecule has 3 rings (SSSR count). The maximum atomic E-state index is 12.2. The van der Waals surface area contributed by atoms with E-state index in [1.54, 1.807) is 30.3 Å². The zero-order valence-electron chi connectivity index (χ0n) is 12.0. The monoisotopic (exact) mass is 289 g/mol. The number of carbonyl (C=O) groups is 1. The molecule has 3 nitrogen and oxygen atoms in total. The smallest absolute Gasteiger partial charge is 0.216 e. The number of Topliss-reactive ketones (excluding diaryl/α,β-unsaturated/α-hetero) is 1. The molecule has 108 valence electrons. The predicted octanol–water partition coefficient (Wildman–Crippen LogP) is 4.33. The van der Waals surface area contributed by atoms with Crippen molar-refractivity contribution in [3.05, 3.63) is 83.6 Å². The van der Waals surface area contributed by atoms with Gasteiger partial charge in [0.25, 0.3) is 0 Å². The first kappa shape index (κ1) is 14.0. The fourth-order valence-corrected chi connectivity index (χ4v) is 2.33. The maximum absolute atomic E-state index is 12.2. The highest BCUT2D eigenvalue weighted by atomic mass is 16.5. The predicted molar refractivity (Wildman–Crippen MR) is 88.7 cm³/mol. The second-order valence-corrected chi connectivity index (χ2v) is 5.03. The summed E-state index contributed by atoms with van der Waals surface area (Å²) in [5.74, 6) is -0.0671. The minimum Gasteiger partial charge on any atom is -0.619 e. The standard InChI is InChI=1S/C19H15NO2/c21-19(12-13-20(22)18-8-2-1-3-9-18)17-11-10-15-6-4-5-7-16(15)14-17/h1-11,13-14H,12H2/b20-13-. The van der Waals surface area contributed by atoms with Gasteiger partial charge in [0.05, 0.1) is 6.42 Å². The third-order valence-corrected chi connectivity index (χ3v) is 3.52. The van der Waals surface area contributed by atoms with E-state index < -0.39 is 0 Å². The molecule has 0 aliphatic rings. The number of ketones is 1. The Morgan fingerprint density at radius 2 is 1.59 bits per heavy atom. The summed E-state index contributed by atoms with van der Waals surface area (Å²) >= 11 is 0. The molecule has 0 aliphatic carbocycles. The van der Waals surface area contributed by atoms with E-state index in [9.17, 15) is 10.0 Å². The molecule has 0 amide bonds. The molecular formula is C19H15NO2. The van der Waals surface area contributed by atoms with Gasteiger partial charge in [-0.25, -0.2) is 0 Å². The third-order valence-electron chi connectivity index (χ3n) is 3.52. The van der Waals surface area contributed by atoms with Crippen LogP contribution in [0.15, 0.2) is 72.8 Å². The van der Waals surface area contributed by atoms with Gasteiger partial charge in [-0.3, -0.25) is 4.79 Å². The maximum Gasteiger partial charge on any atom is 0.216 e. The summed E-state index contributed by atoms with van der Waals surface area (Å²) in [6, 6.07) is 22.3. The molecule has 22 heavy (non-hydrogen) atoms. The molecule has 0 unspecified atom stereocenters. The van der Waals surface area contributed by atoms with E-state index in [1.165, 1.54) is 6.21 Å². The zero-order valence-corrected chi connectivity index (χ0v) is 12.0. The van der Waals surface area contributed by atoms with Crippen molar-refractivity contribution in [2.75, 3.05) is 0 Å². The van der Waals surface area contributed by atoms with Gasteiger partial charge in [0.1, 0.15) is 0 Å². The van der Waals surface area contributed by atoms with Gasteiger partial charge in [-0.1, -0.05) is 54.6 Å². The van der Waals surface area contributed by atoms with Gasteiger partial charge >= 0.3 is 0 Å². The lowest BCUT2D eigenvalue weighted by Gasteiger charge is -2.03. The molecule has 0 fully saturated rings. The minimum absolute atomic E-state index is 0.0671. The molecule has 0 saturated heterocycles. The van der Waals surface area contributed by atoms with Gasteiger partial charge in [-0.15, -0.1) is 0 Å². The van der Waals surface area contributed by atoms with Crippen LogP contribution in [-0.4, -0.2) is 16.7 Å². The summed E-state index contributed by atoms with van der Waals surface area (Å²) in [5.41, 5.74) is 1.14. The van der Waals surface area contributed by atoms with Gasteiger partial charge in [0, 0.05) is 17.7 Å². The minimum atomic E-state index is -0.0671.